The summed E-state index contributed by atoms with van der Waals surface area (Å²) < 4.78 is 27.1. The minimum atomic E-state index is -3.80. The van der Waals surface area contributed by atoms with Crippen LogP contribution in [-0.2, 0) is 16.4 Å². The van der Waals surface area contributed by atoms with Gasteiger partial charge in [-0.25, -0.2) is 8.42 Å². The number of hydrogen-bond donors (Lipinski definition) is 1. The van der Waals surface area contributed by atoms with Crippen molar-refractivity contribution in [3.05, 3.63) is 95.1 Å². The molecule has 5 nitrogen and oxygen atoms in total. The Bertz CT molecular complexity index is 1180. The minimum Gasteiger partial charge on any atom is -0.508 e. The van der Waals surface area contributed by atoms with E-state index in [-0.39, 0.29) is 22.8 Å². The number of carbonyl (C=O) groups is 1. The first-order chi connectivity index (χ1) is 15.8. The number of aromatic hydroxyl groups is 1. The van der Waals surface area contributed by atoms with E-state index in [1.54, 1.807) is 60.7 Å². The third-order valence-corrected chi connectivity index (χ3v) is 8.07. The van der Waals surface area contributed by atoms with Gasteiger partial charge in [-0.1, -0.05) is 61.9 Å². The van der Waals surface area contributed by atoms with Crippen LogP contribution < -0.4 is 0 Å². The average molecular weight is 466 g/mol. The number of phenols is 1. The normalized spacial score (nSPS) is 12.6. The summed E-state index contributed by atoms with van der Waals surface area (Å²) >= 11 is 0. The van der Waals surface area contributed by atoms with Gasteiger partial charge in [0.1, 0.15) is 5.75 Å². The molecule has 0 fully saturated rings. The number of hydrogen-bond acceptors (Lipinski definition) is 5. The Kier molecular flexibility index (Phi) is 8.06. The SMILES string of the molecule is CCN(CC)Cc1cc(C(=O)C[C@H](c2ccccc2)S(=O)(=O)c2ccc(C)cc2)ccc1O. The molecule has 174 valence electrons. The van der Waals surface area contributed by atoms with E-state index in [2.05, 4.69) is 4.90 Å². The number of ketones is 1. The Morgan fingerprint density at radius 2 is 1.58 bits per heavy atom. The van der Waals surface area contributed by atoms with Crippen molar-refractivity contribution in [1.29, 1.82) is 0 Å². The van der Waals surface area contributed by atoms with Crippen molar-refractivity contribution in [1.82, 2.24) is 4.90 Å². The molecule has 0 aliphatic heterocycles. The summed E-state index contributed by atoms with van der Waals surface area (Å²) in [6, 6.07) is 20.3. The first kappa shape index (κ1) is 24.7. The van der Waals surface area contributed by atoms with Crippen LogP contribution in [0.25, 0.3) is 0 Å². The lowest BCUT2D eigenvalue weighted by molar-refractivity contribution is 0.0980. The standard InChI is InChI=1S/C27H31NO4S/c1-4-28(5-2)19-23-17-22(13-16-25(23)29)26(30)18-27(21-9-7-6-8-10-21)33(31,32)24-14-11-20(3)12-15-24/h6-17,27,29H,4-5,18-19H2,1-3H3/t27-/m1/s1. The van der Waals surface area contributed by atoms with E-state index in [1.165, 1.54) is 6.07 Å². The van der Waals surface area contributed by atoms with Gasteiger partial charge in [0.25, 0.3) is 0 Å². The average Bonchev–Trinajstić information content (AvgIpc) is 2.82. The van der Waals surface area contributed by atoms with E-state index in [4.69, 9.17) is 0 Å². The monoisotopic (exact) mass is 465 g/mol. The Morgan fingerprint density at radius 1 is 0.939 bits per heavy atom. The van der Waals surface area contributed by atoms with Gasteiger partial charge in [0, 0.05) is 24.1 Å². The number of sulfone groups is 1. The van der Waals surface area contributed by atoms with Crippen LogP contribution in [0.15, 0.2) is 77.7 Å². The maximum absolute atomic E-state index is 13.6. The van der Waals surface area contributed by atoms with Gasteiger partial charge in [-0.15, -0.1) is 0 Å². The quantitative estimate of drug-likeness (QED) is 0.410. The zero-order valence-corrected chi connectivity index (χ0v) is 20.2. The van der Waals surface area contributed by atoms with Crippen molar-refractivity contribution in [3.8, 4) is 5.75 Å². The number of aryl methyl sites for hydroxylation is 1. The predicted octanol–water partition coefficient (Wildman–Crippen LogP) is 5.33. The highest BCUT2D eigenvalue weighted by atomic mass is 32.2. The molecule has 0 saturated carbocycles. The summed E-state index contributed by atoms with van der Waals surface area (Å²) in [5, 5.41) is 9.28. The molecule has 1 atom stereocenters. The van der Waals surface area contributed by atoms with Crippen molar-refractivity contribution < 1.29 is 18.3 Å². The van der Waals surface area contributed by atoms with Crippen LogP contribution >= 0.6 is 0 Å². The maximum Gasteiger partial charge on any atom is 0.185 e. The lowest BCUT2D eigenvalue weighted by Crippen LogP contribution is -2.22. The lowest BCUT2D eigenvalue weighted by atomic mass is 10.00. The second-order valence-electron chi connectivity index (χ2n) is 8.19. The number of benzene rings is 3. The van der Waals surface area contributed by atoms with Crippen molar-refractivity contribution >= 4 is 15.6 Å². The van der Waals surface area contributed by atoms with Gasteiger partial charge in [0.15, 0.2) is 15.6 Å². The van der Waals surface area contributed by atoms with Crippen LogP contribution in [0.2, 0.25) is 0 Å². The molecule has 1 N–H and O–H groups in total. The van der Waals surface area contributed by atoms with Gasteiger partial charge >= 0.3 is 0 Å². The minimum absolute atomic E-state index is 0.130. The van der Waals surface area contributed by atoms with E-state index in [1.807, 2.05) is 26.8 Å². The number of rotatable bonds is 10. The number of carbonyl (C=O) groups excluding carboxylic acids is 1. The number of phenolic OH excluding ortho intramolecular Hbond substituents is 1. The molecule has 3 aromatic rings. The van der Waals surface area contributed by atoms with Crippen LogP contribution in [0.1, 0.15) is 52.6 Å². The molecule has 0 heterocycles. The van der Waals surface area contributed by atoms with Crippen LogP contribution in [-0.4, -0.2) is 37.3 Å². The van der Waals surface area contributed by atoms with E-state index in [9.17, 15) is 18.3 Å². The van der Waals surface area contributed by atoms with Crippen molar-refractivity contribution in [2.75, 3.05) is 13.1 Å². The number of nitrogens with zero attached hydrogens (tertiary/aromatic N) is 1. The first-order valence-corrected chi connectivity index (χ1v) is 12.7. The van der Waals surface area contributed by atoms with Gasteiger partial charge in [0.2, 0.25) is 0 Å². The van der Waals surface area contributed by atoms with Crippen molar-refractivity contribution in [2.24, 2.45) is 0 Å². The third kappa shape index (κ3) is 5.89. The number of Topliss-reactive ketones (excluding diaryl/α,β-unsaturated/α-hetero) is 1. The molecule has 3 aromatic carbocycles. The van der Waals surface area contributed by atoms with Crippen molar-refractivity contribution in [2.45, 2.75) is 43.9 Å². The van der Waals surface area contributed by atoms with E-state index < -0.39 is 15.1 Å². The van der Waals surface area contributed by atoms with Crippen LogP contribution in [0.3, 0.4) is 0 Å². The molecule has 0 aliphatic carbocycles. The maximum atomic E-state index is 13.6. The Balaban J connectivity index is 1.96. The summed E-state index contributed by atoms with van der Waals surface area (Å²) in [6.45, 7) is 8.13. The molecule has 0 spiro atoms. The van der Waals surface area contributed by atoms with Gasteiger partial charge in [-0.2, -0.15) is 0 Å². The first-order valence-electron chi connectivity index (χ1n) is 11.2. The Labute approximate surface area is 196 Å². The molecular weight excluding hydrogens is 434 g/mol. The molecule has 0 amide bonds. The largest absolute Gasteiger partial charge is 0.508 e. The summed E-state index contributed by atoms with van der Waals surface area (Å²) in [5.74, 6) is -0.148. The van der Waals surface area contributed by atoms with Crippen molar-refractivity contribution in [3.63, 3.8) is 0 Å². The molecule has 0 radical (unpaired) electrons. The second kappa shape index (κ2) is 10.8. The summed E-state index contributed by atoms with van der Waals surface area (Å²) in [4.78, 5) is 15.6. The van der Waals surface area contributed by atoms with Gasteiger partial charge in [-0.05, 0) is 55.9 Å². The van der Waals surface area contributed by atoms with E-state index >= 15 is 0 Å². The Hall–Kier alpha value is -2.96. The van der Waals surface area contributed by atoms with Gasteiger partial charge in [-0.3, -0.25) is 9.69 Å². The molecule has 33 heavy (non-hydrogen) atoms. The van der Waals surface area contributed by atoms with Crippen LogP contribution in [0.5, 0.6) is 5.75 Å². The molecule has 0 aromatic heterocycles. The lowest BCUT2D eigenvalue weighted by Gasteiger charge is -2.20. The summed E-state index contributed by atoms with van der Waals surface area (Å²) in [7, 11) is -3.80. The zero-order chi connectivity index (χ0) is 24.0. The highest BCUT2D eigenvalue weighted by Gasteiger charge is 2.31. The molecule has 3 rings (SSSR count). The predicted molar refractivity (Wildman–Crippen MR) is 131 cm³/mol. The second-order valence-corrected chi connectivity index (χ2v) is 10.3. The van der Waals surface area contributed by atoms with Gasteiger partial charge < -0.3 is 5.11 Å². The summed E-state index contributed by atoms with van der Waals surface area (Å²) in [6.07, 6.45) is -0.185. The third-order valence-electron chi connectivity index (χ3n) is 5.96. The molecule has 6 heteroatoms. The molecular formula is C27H31NO4S. The highest BCUT2D eigenvalue weighted by Crippen LogP contribution is 2.33. The molecule has 0 aliphatic rings. The van der Waals surface area contributed by atoms with E-state index in [0.717, 1.165) is 18.7 Å². The Morgan fingerprint density at radius 3 is 2.18 bits per heavy atom. The zero-order valence-electron chi connectivity index (χ0n) is 19.4. The molecule has 0 unspecified atom stereocenters. The molecule has 0 saturated heterocycles. The smallest absolute Gasteiger partial charge is 0.185 e. The van der Waals surface area contributed by atoms with Gasteiger partial charge in [0.05, 0.1) is 10.1 Å². The topological polar surface area (TPSA) is 74.7 Å². The van der Waals surface area contributed by atoms with Crippen LogP contribution in [0, 0.1) is 6.92 Å². The fourth-order valence-electron chi connectivity index (χ4n) is 3.83. The highest BCUT2D eigenvalue weighted by molar-refractivity contribution is 7.91. The fourth-order valence-corrected chi connectivity index (χ4v) is 5.56. The molecule has 0 bridgehead atoms. The summed E-state index contributed by atoms with van der Waals surface area (Å²) in [5.41, 5.74) is 2.59. The van der Waals surface area contributed by atoms with E-state index in [0.29, 0.717) is 23.2 Å². The fraction of sp³-hybridized carbons (Fsp3) is 0.296. The van der Waals surface area contributed by atoms with Crippen LogP contribution in [0.4, 0.5) is 0 Å².